The molecule has 1 aliphatic rings. The van der Waals surface area contributed by atoms with Gasteiger partial charge in [-0.1, -0.05) is 20.8 Å². The van der Waals surface area contributed by atoms with Crippen LogP contribution in [0.2, 0.25) is 0 Å². The first-order valence-electron chi connectivity index (χ1n) is 8.72. The molecule has 1 atom stereocenters. The van der Waals surface area contributed by atoms with Gasteiger partial charge in [0.25, 0.3) is 0 Å². The minimum absolute atomic E-state index is 0.0195. The zero-order chi connectivity index (χ0) is 18.4. The van der Waals surface area contributed by atoms with Gasteiger partial charge in [0.15, 0.2) is 5.96 Å². The summed E-state index contributed by atoms with van der Waals surface area (Å²) in [6, 6.07) is 0.0389. The van der Waals surface area contributed by atoms with Gasteiger partial charge in [-0.05, 0) is 38.0 Å². The van der Waals surface area contributed by atoms with Crippen molar-refractivity contribution in [3.63, 3.8) is 0 Å². The molecule has 1 unspecified atom stereocenters. The van der Waals surface area contributed by atoms with Crippen molar-refractivity contribution >= 4 is 5.96 Å². The monoisotopic (exact) mass is 351 g/mol. The van der Waals surface area contributed by atoms with Crippen LogP contribution in [0.15, 0.2) is 4.99 Å². The molecule has 0 radical (unpaired) electrons. The standard InChI is InChI=1S/C17H32F3N3O/c1-6-21-15(22-11-14(24-5)16(2,3)4)23-13-9-7-12(8-10-13)17(18,19)20/h12-14H,6-11H2,1-5H3,(H2,21,22,23). The Labute approximate surface area is 143 Å². The number of hydrogen-bond donors (Lipinski definition) is 2. The topological polar surface area (TPSA) is 45.7 Å². The number of hydrogen-bond acceptors (Lipinski definition) is 2. The van der Waals surface area contributed by atoms with Crippen LogP contribution in [0.1, 0.15) is 53.4 Å². The van der Waals surface area contributed by atoms with Gasteiger partial charge in [-0.2, -0.15) is 13.2 Å². The third kappa shape index (κ3) is 6.87. The Bertz CT molecular complexity index is 397. The predicted molar refractivity (Wildman–Crippen MR) is 91.2 cm³/mol. The van der Waals surface area contributed by atoms with Crippen molar-refractivity contribution in [1.29, 1.82) is 0 Å². The van der Waals surface area contributed by atoms with Crippen LogP contribution in [0.25, 0.3) is 0 Å². The molecule has 0 aliphatic heterocycles. The Morgan fingerprint density at radius 2 is 1.75 bits per heavy atom. The van der Waals surface area contributed by atoms with E-state index in [9.17, 15) is 13.2 Å². The lowest BCUT2D eigenvalue weighted by atomic mass is 9.85. The zero-order valence-corrected chi connectivity index (χ0v) is 15.5. The third-order valence-electron chi connectivity index (χ3n) is 4.54. The molecule has 0 spiro atoms. The van der Waals surface area contributed by atoms with Crippen molar-refractivity contribution in [1.82, 2.24) is 10.6 Å². The number of nitrogens with zero attached hydrogens (tertiary/aromatic N) is 1. The quantitative estimate of drug-likeness (QED) is 0.586. The molecule has 1 aliphatic carbocycles. The fraction of sp³-hybridized carbons (Fsp3) is 0.941. The van der Waals surface area contributed by atoms with E-state index in [4.69, 9.17) is 4.74 Å². The minimum atomic E-state index is -4.07. The Balaban J connectivity index is 2.59. The van der Waals surface area contributed by atoms with Crippen LogP contribution in [0.3, 0.4) is 0 Å². The average molecular weight is 351 g/mol. The second-order valence-electron chi connectivity index (χ2n) is 7.54. The molecule has 0 heterocycles. The first-order valence-corrected chi connectivity index (χ1v) is 8.72. The molecule has 2 N–H and O–H groups in total. The number of nitrogens with one attached hydrogen (secondary N) is 2. The number of ether oxygens (including phenoxy) is 1. The van der Waals surface area contributed by atoms with Gasteiger partial charge in [0.2, 0.25) is 0 Å². The van der Waals surface area contributed by atoms with E-state index in [1.54, 1.807) is 7.11 Å². The first-order chi connectivity index (χ1) is 11.1. The Morgan fingerprint density at radius 1 is 1.17 bits per heavy atom. The highest BCUT2D eigenvalue weighted by Crippen LogP contribution is 2.37. The number of halogens is 3. The van der Waals surface area contributed by atoms with Gasteiger partial charge in [0.05, 0.1) is 18.6 Å². The molecular weight excluding hydrogens is 319 g/mol. The van der Waals surface area contributed by atoms with Crippen molar-refractivity contribution in [2.75, 3.05) is 20.2 Å². The number of methoxy groups -OCH3 is 1. The average Bonchev–Trinajstić information content (AvgIpc) is 2.46. The molecule has 4 nitrogen and oxygen atoms in total. The summed E-state index contributed by atoms with van der Waals surface area (Å²) in [5.41, 5.74) is -0.0274. The van der Waals surface area contributed by atoms with E-state index >= 15 is 0 Å². The van der Waals surface area contributed by atoms with Crippen LogP contribution >= 0.6 is 0 Å². The third-order valence-corrected chi connectivity index (χ3v) is 4.54. The number of alkyl halides is 3. The lowest BCUT2D eigenvalue weighted by Crippen LogP contribution is -2.46. The molecule has 24 heavy (non-hydrogen) atoms. The Morgan fingerprint density at radius 3 is 2.17 bits per heavy atom. The Kier molecular flexibility index (Phi) is 7.83. The van der Waals surface area contributed by atoms with Crippen LogP contribution in [0.5, 0.6) is 0 Å². The zero-order valence-electron chi connectivity index (χ0n) is 15.5. The molecule has 0 saturated heterocycles. The Hall–Kier alpha value is -0.980. The van der Waals surface area contributed by atoms with E-state index in [-0.39, 0.29) is 30.4 Å². The van der Waals surface area contributed by atoms with Crippen molar-refractivity contribution in [2.24, 2.45) is 16.3 Å². The highest BCUT2D eigenvalue weighted by Gasteiger charge is 2.41. The van der Waals surface area contributed by atoms with Crippen LogP contribution in [-0.2, 0) is 4.74 Å². The normalized spacial score (nSPS) is 24.6. The van der Waals surface area contributed by atoms with E-state index in [1.807, 2.05) is 6.92 Å². The molecular formula is C17H32F3N3O. The van der Waals surface area contributed by atoms with Gasteiger partial charge in [0, 0.05) is 19.7 Å². The molecule has 0 amide bonds. The summed E-state index contributed by atoms with van der Waals surface area (Å²) >= 11 is 0. The van der Waals surface area contributed by atoms with E-state index < -0.39 is 12.1 Å². The van der Waals surface area contributed by atoms with Crippen LogP contribution < -0.4 is 10.6 Å². The second-order valence-corrected chi connectivity index (χ2v) is 7.54. The van der Waals surface area contributed by atoms with Gasteiger partial charge in [-0.3, -0.25) is 4.99 Å². The highest BCUT2D eigenvalue weighted by molar-refractivity contribution is 5.80. The number of guanidine groups is 1. The van der Waals surface area contributed by atoms with Gasteiger partial charge in [-0.25, -0.2) is 0 Å². The van der Waals surface area contributed by atoms with Crippen LogP contribution in [0.4, 0.5) is 13.2 Å². The fourth-order valence-corrected chi connectivity index (χ4v) is 2.95. The lowest BCUT2D eigenvalue weighted by molar-refractivity contribution is -0.182. The SMILES string of the molecule is CCNC(=NCC(OC)C(C)(C)C)NC1CCC(C(F)(F)F)CC1. The number of aliphatic imine (C=N–C) groups is 1. The van der Waals surface area contributed by atoms with Crippen LogP contribution in [-0.4, -0.2) is 44.5 Å². The van der Waals surface area contributed by atoms with E-state index in [1.165, 1.54) is 0 Å². The summed E-state index contributed by atoms with van der Waals surface area (Å²) in [5, 5.41) is 6.44. The smallest absolute Gasteiger partial charge is 0.379 e. The molecule has 142 valence electrons. The summed E-state index contributed by atoms with van der Waals surface area (Å²) < 4.78 is 43.7. The summed E-state index contributed by atoms with van der Waals surface area (Å²) in [5.74, 6) is -0.506. The fourth-order valence-electron chi connectivity index (χ4n) is 2.95. The molecule has 1 fully saturated rings. The summed E-state index contributed by atoms with van der Waals surface area (Å²) in [6.07, 6.45) is -2.69. The molecule has 0 aromatic rings. The van der Waals surface area contributed by atoms with Gasteiger partial charge in [0.1, 0.15) is 0 Å². The molecule has 7 heteroatoms. The van der Waals surface area contributed by atoms with E-state index in [0.717, 1.165) is 0 Å². The largest absolute Gasteiger partial charge is 0.391 e. The minimum Gasteiger partial charge on any atom is -0.379 e. The maximum atomic E-state index is 12.7. The molecule has 0 aromatic carbocycles. The van der Waals surface area contributed by atoms with Gasteiger partial charge >= 0.3 is 6.18 Å². The summed E-state index contributed by atoms with van der Waals surface area (Å²) in [6.45, 7) is 9.46. The predicted octanol–water partition coefficient (Wildman–Crippen LogP) is 3.72. The molecule has 1 rings (SSSR count). The van der Waals surface area contributed by atoms with Crippen molar-refractivity contribution in [2.45, 2.75) is 71.7 Å². The van der Waals surface area contributed by atoms with Gasteiger partial charge in [-0.15, -0.1) is 0 Å². The lowest BCUT2D eigenvalue weighted by Gasteiger charge is -2.31. The molecule has 1 saturated carbocycles. The van der Waals surface area contributed by atoms with Crippen molar-refractivity contribution in [3.8, 4) is 0 Å². The second kappa shape index (κ2) is 8.92. The number of rotatable bonds is 5. The van der Waals surface area contributed by atoms with Crippen molar-refractivity contribution in [3.05, 3.63) is 0 Å². The summed E-state index contributed by atoms with van der Waals surface area (Å²) in [4.78, 5) is 4.56. The van der Waals surface area contributed by atoms with E-state index in [2.05, 4.69) is 36.4 Å². The first kappa shape index (κ1) is 21.1. The van der Waals surface area contributed by atoms with Crippen molar-refractivity contribution < 1.29 is 17.9 Å². The maximum absolute atomic E-state index is 12.7. The molecule has 0 aromatic heterocycles. The van der Waals surface area contributed by atoms with E-state index in [0.29, 0.717) is 31.9 Å². The molecule has 0 bridgehead atoms. The highest BCUT2D eigenvalue weighted by atomic mass is 19.4. The maximum Gasteiger partial charge on any atom is 0.391 e. The van der Waals surface area contributed by atoms with Gasteiger partial charge < -0.3 is 15.4 Å². The summed E-state index contributed by atoms with van der Waals surface area (Å²) in [7, 11) is 1.67. The van der Waals surface area contributed by atoms with Crippen LogP contribution in [0, 0.1) is 11.3 Å².